The average Bonchev–Trinajstić information content (AvgIpc) is 3.26. The number of benzene rings is 2. The molecule has 1 fully saturated rings. The van der Waals surface area contributed by atoms with Gasteiger partial charge < -0.3 is 19.7 Å². The summed E-state index contributed by atoms with van der Waals surface area (Å²) >= 11 is 7.26. The summed E-state index contributed by atoms with van der Waals surface area (Å²) in [6.45, 7) is 4.35. The fraction of sp³-hybridized carbons (Fsp3) is 0.308. The Labute approximate surface area is 210 Å². The summed E-state index contributed by atoms with van der Waals surface area (Å²) in [4.78, 5) is 18.1. The molecule has 0 aliphatic carbocycles. The maximum Gasteiger partial charge on any atom is 0.340 e. The number of nitrogens with zero attached hydrogens (tertiary/aromatic N) is 2. The van der Waals surface area contributed by atoms with Gasteiger partial charge in [0.2, 0.25) is 0 Å². The quantitative estimate of drug-likeness (QED) is 0.378. The Morgan fingerprint density at radius 1 is 1.00 bits per heavy atom. The van der Waals surface area contributed by atoms with E-state index in [0.717, 1.165) is 54.8 Å². The molecule has 4 rings (SSSR count). The van der Waals surface area contributed by atoms with Crippen molar-refractivity contribution >= 4 is 39.6 Å². The van der Waals surface area contributed by atoms with Gasteiger partial charge in [0.25, 0.3) is 0 Å². The number of hydrogen-bond acceptors (Lipinski definition) is 6. The molecule has 2 aromatic carbocycles. The van der Waals surface area contributed by atoms with E-state index in [4.69, 9.17) is 21.7 Å². The summed E-state index contributed by atoms with van der Waals surface area (Å²) in [5.41, 5.74) is 2.96. The topological polar surface area (TPSA) is 54.0 Å². The molecule has 0 spiro atoms. The van der Waals surface area contributed by atoms with Crippen LogP contribution < -0.4 is 10.1 Å². The molecule has 1 aliphatic heterocycles. The van der Waals surface area contributed by atoms with Gasteiger partial charge >= 0.3 is 5.97 Å². The van der Waals surface area contributed by atoms with Crippen LogP contribution in [0.25, 0.3) is 0 Å². The molecule has 34 heavy (non-hydrogen) atoms. The number of thiophene rings is 1. The molecule has 178 valence electrons. The minimum Gasteiger partial charge on any atom is -0.497 e. The minimum absolute atomic E-state index is 0.357. The van der Waals surface area contributed by atoms with Crippen LogP contribution in [0.2, 0.25) is 0 Å². The van der Waals surface area contributed by atoms with Gasteiger partial charge in [0.1, 0.15) is 10.8 Å². The first-order valence-electron chi connectivity index (χ1n) is 11.2. The molecule has 0 saturated carbocycles. The van der Waals surface area contributed by atoms with E-state index in [1.165, 1.54) is 18.2 Å². The number of methoxy groups -OCH3 is 2. The van der Waals surface area contributed by atoms with Crippen LogP contribution in [0.15, 0.2) is 60.7 Å². The van der Waals surface area contributed by atoms with Crippen LogP contribution in [0.3, 0.4) is 0 Å². The molecule has 1 N–H and O–H groups in total. The van der Waals surface area contributed by atoms with Crippen molar-refractivity contribution in [1.29, 1.82) is 0 Å². The predicted octanol–water partition coefficient (Wildman–Crippen LogP) is 4.65. The van der Waals surface area contributed by atoms with Crippen LogP contribution in [0.5, 0.6) is 5.75 Å². The summed E-state index contributed by atoms with van der Waals surface area (Å²) < 4.78 is 10.3. The zero-order valence-electron chi connectivity index (χ0n) is 19.5. The third kappa shape index (κ3) is 6.14. The SMILES string of the molecule is COC(=O)c1cc(Cc2ccccc2)sc1NC(=S)N1CCN(Cc2cccc(OC)c2)CC1. The number of thiocarbonyl (C=S) groups is 1. The van der Waals surface area contributed by atoms with Crippen molar-refractivity contribution in [3.8, 4) is 5.75 Å². The highest BCUT2D eigenvalue weighted by Crippen LogP contribution is 2.31. The maximum atomic E-state index is 12.4. The fourth-order valence-corrected chi connectivity index (χ4v) is 5.42. The smallest absolute Gasteiger partial charge is 0.340 e. The van der Waals surface area contributed by atoms with Crippen LogP contribution in [-0.2, 0) is 17.7 Å². The average molecular weight is 496 g/mol. The number of anilines is 1. The van der Waals surface area contributed by atoms with E-state index in [1.807, 2.05) is 36.4 Å². The van der Waals surface area contributed by atoms with E-state index < -0.39 is 0 Å². The number of carbonyl (C=O) groups is 1. The first-order chi connectivity index (χ1) is 16.6. The van der Waals surface area contributed by atoms with Gasteiger partial charge in [0.15, 0.2) is 5.11 Å². The van der Waals surface area contributed by atoms with Crippen LogP contribution in [0.4, 0.5) is 5.00 Å². The first-order valence-corrected chi connectivity index (χ1v) is 12.4. The number of esters is 1. The van der Waals surface area contributed by atoms with Crippen molar-refractivity contribution < 1.29 is 14.3 Å². The largest absolute Gasteiger partial charge is 0.497 e. The molecule has 6 nitrogen and oxygen atoms in total. The van der Waals surface area contributed by atoms with E-state index in [0.29, 0.717) is 10.7 Å². The summed E-state index contributed by atoms with van der Waals surface area (Å²) in [6, 6.07) is 20.3. The zero-order chi connectivity index (χ0) is 23.9. The van der Waals surface area contributed by atoms with E-state index in [-0.39, 0.29) is 5.97 Å². The maximum absolute atomic E-state index is 12.4. The summed E-state index contributed by atoms with van der Waals surface area (Å²) in [6.07, 6.45) is 0.757. The molecule has 0 unspecified atom stereocenters. The normalized spacial score (nSPS) is 14.0. The number of hydrogen-bond donors (Lipinski definition) is 1. The second-order valence-corrected chi connectivity index (χ2v) is 9.68. The number of ether oxygens (including phenoxy) is 2. The highest BCUT2D eigenvalue weighted by atomic mass is 32.1. The van der Waals surface area contributed by atoms with Crippen molar-refractivity contribution in [2.45, 2.75) is 13.0 Å². The number of carbonyl (C=O) groups excluding carboxylic acids is 1. The van der Waals surface area contributed by atoms with Gasteiger partial charge in [-0.3, -0.25) is 4.90 Å². The molecule has 0 bridgehead atoms. The molecule has 1 aromatic heterocycles. The summed E-state index contributed by atoms with van der Waals surface area (Å²) in [5, 5.41) is 4.70. The van der Waals surface area contributed by atoms with Gasteiger partial charge in [-0.05, 0) is 41.5 Å². The lowest BCUT2D eigenvalue weighted by atomic mass is 10.1. The predicted molar refractivity (Wildman–Crippen MR) is 141 cm³/mol. The molecule has 1 aliphatic rings. The number of nitrogens with one attached hydrogen (secondary N) is 1. The second-order valence-electron chi connectivity index (χ2n) is 8.15. The van der Waals surface area contributed by atoms with E-state index >= 15 is 0 Å². The van der Waals surface area contributed by atoms with Crippen LogP contribution in [-0.4, -0.2) is 61.3 Å². The molecule has 0 radical (unpaired) electrons. The lowest BCUT2D eigenvalue weighted by Crippen LogP contribution is -2.49. The molecular formula is C26H29N3O3S2. The molecule has 0 amide bonds. The minimum atomic E-state index is -0.357. The highest BCUT2D eigenvalue weighted by molar-refractivity contribution is 7.80. The van der Waals surface area contributed by atoms with E-state index in [9.17, 15) is 4.79 Å². The molecule has 2 heterocycles. The molecule has 3 aromatic rings. The van der Waals surface area contributed by atoms with E-state index in [1.54, 1.807) is 18.4 Å². The molecule has 1 saturated heterocycles. The Morgan fingerprint density at radius 2 is 1.74 bits per heavy atom. The Hall–Kier alpha value is -2.94. The van der Waals surface area contributed by atoms with Gasteiger partial charge in [0, 0.05) is 44.0 Å². The molecular weight excluding hydrogens is 466 g/mol. The Bertz CT molecular complexity index is 1130. The lowest BCUT2D eigenvalue weighted by molar-refractivity contribution is 0.0602. The standard InChI is InChI=1S/C26H29N3O3S2/c1-31-21-10-6-9-20(15-21)18-28-11-13-29(14-12-28)26(33)27-24-23(25(30)32-2)17-22(34-24)16-19-7-4-3-5-8-19/h3-10,15,17H,11-14,16,18H2,1-2H3,(H,27,33). The molecule has 8 heteroatoms. The highest BCUT2D eigenvalue weighted by Gasteiger charge is 2.22. The van der Waals surface area contributed by atoms with Crippen molar-refractivity contribution in [3.05, 3.63) is 82.2 Å². The van der Waals surface area contributed by atoms with Crippen molar-refractivity contribution in [3.63, 3.8) is 0 Å². The van der Waals surface area contributed by atoms with Gasteiger partial charge in [-0.1, -0.05) is 42.5 Å². The van der Waals surface area contributed by atoms with Gasteiger partial charge in [-0.25, -0.2) is 4.79 Å². The van der Waals surface area contributed by atoms with Gasteiger partial charge in [0.05, 0.1) is 19.8 Å². The summed E-state index contributed by atoms with van der Waals surface area (Å²) in [7, 11) is 3.09. The lowest BCUT2D eigenvalue weighted by Gasteiger charge is -2.36. The summed E-state index contributed by atoms with van der Waals surface area (Å²) in [5.74, 6) is 0.523. The first kappa shape index (κ1) is 24.2. The monoisotopic (exact) mass is 495 g/mol. The fourth-order valence-electron chi connectivity index (χ4n) is 3.99. The van der Waals surface area contributed by atoms with Crippen molar-refractivity contribution in [2.75, 3.05) is 45.7 Å². The Morgan fingerprint density at radius 3 is 2.44 bits per heavy atom. The van der Waals surface area contributed by atoms with Gasteiger partial charge in [-0.15, -0.1) is 11.3 Å². The Balaban J connectivity index is 1.37. The van der Waals surface area contributed by atoms with Crippen molar-refractivity contribution in [1.82, 2.24) is 9.80 Å². The molecule has 0 atom stereocenters. The van der Waals surface area contributed by atoms with Gasteiger partial charge in [-0.2, -0.15) is 0 Å². The third-order valence-corrected chi connectivity index (χ3v) is 7.24. The Kier molecular flexibility index (Phi) is 8.16. The van der Waals surface area contributed by atoms with Crippen molar-refractivity contribution in [2.24, 2.45) is 0 Å². The van der Waals surface area contributed by atoms with Crippen LogP contribution in [0.1, 0.15) is 26.4 Å². The number of piperazine rings is 1. The van der Waals surface area contributed by atoms with Crippen LogP contribution in [0, 0.1) is 0 Å². The van der Waals surface area contributed by atoms with E-state index in [2.05, 4.69) is 39.4 Å². The number of rotatable bonds is 7. The third-order valence-electron chi connectivity index (χ3n) is 5.83. The zero-order valence-corrected chi connectivity index (χ0v) is 21.1. The second kappa shape index (κ2) is 11.5. The van der Waals surface area contributed by atoms with Crippen LogP contribution >= 0.6 is 23.6 Å².